The molecule has 0 bridgehead atoms. The Morgan fingerprint density at radius 3 is 2.44 bits per heavy atom. The predicted molar refractivity (Wildman–Crippen MR) is 94.1 cm³/mol. The maximum atomic E-state index is 12.5. The lowest BCUT2D eigenvalue weighted by Gasteiger charge is -2.18. The number of benzene rings is 1. The van der Waals surface area contributed by atoms with Gasteiger partial charge in [0.05, 0.1) is 12.0 Å². The number of hydrogen-bond donors (Lipinski definition) is 3. The number of carboxylic acid groups (broad SMARTS) is 1. The van der Waals surface area contributed by atoms with E-state index in [9.17, 15) is 14.4 Å². The van der Waals surface area contributed by atoms with Crippen molar-refractivity contribution in [2.45, 2.75) is 51.5 Å². The Bertz CT molecular complexity index is 665. The molecule has 1 aliphatic rings. The van der Waals surface area contributed by atoms with E-state index in [0.717, 1.165) is 24.0 Å². The molecule has 25 heavy (non-hydrogen) atoms. The van der Waals surface area contributed by atoms with Gasteiger partial charge in [0, 0.05) is 0 Å². The quantitative estimate of drug-likeness (QED) is 0.668. The third-order valence-corrected chi connectivity index (χ3v) is 4.51. The molecule has 1 aromatic rings. The van der Waals surface area contributed by atoms with Gasteiger partial charge in [0.15, 0.2) is 0 Å². The smallest absolute Gasteiger partial charge is 0.326 e. The number of nitrogens with one attached hydrogen (secondary N) is 2. The summed E-state index contributed by atoms with van der Waals surface area (Å²) in [7, 11) is 0. The molecule has 0 saturated heterocycles. The highest BCUT2D eigenvalue weighted by Crippen LogP contribution is 2.48. The van der Waals surface area contributed by atoms with E-state index in [1.165, 1.54) is 0 Å². The molecule has 6 heteroatoms. The molecular formula is C19H26N2O4. The summed E-state index contributed by atoms with van der Waals surface area (Å²) in [6.07, 6.45) is 1.87. The number of hydrogen-bond acceptors (Lipinski definition) is 3. The van der Waals surface area contributed by atoms with E-state index in [1.807, 2.05) is 45.0 Å². The average Bonchev–Trinajstić information content (AvgIpc) is 3.33. The first-order valence-electron chi connectivity index (χ1n) is 8.62. The van der Waals surface area contributed by atoms with Crippen molar-refractivity contribution in [3.05, 3.63) is 35.4 Å². The number of amides is 2. The molecule has 1 saturated carbocycles. The van der Waals surface area contributed by atoms with E-state index < -0.39 is 23.3 Å². The van der Waals surface area contributed by atoms with Crippen LogP contribution in [0.25, 0.3) is 0 Å². The van der Waals surface area contributed by atoms with E-state index in [4.69, 9.17) is 5.11 Å². The molecule has 1 aromatic carbocycles. The molecule has 2 rings (SSSR count). The van der Waals surface area contributed by atoms with Crippen LogP contribution < -0.4 is 10.6 Å². The van der Waals surface area contributed by atoms with Gasteiger partial charge in [-0.1, -0.05) is 43.7 Å². The van der Waals surface area contributed by atoms with E-state index in [0.29, 0.717) is 6.42 Å². The number of carbonyl (C=O) groups is 3. The summed E-state index contributed by atoms with van der Waals surface area (Å²) in [5, 5.41) is 14.3. The summed E-state index contributed by atoms with van der Waals surface area (Å²) < 4.78 is 0. The Kier molecular flexibility index (Phi) is 5.82. The predicted octanol–water partition coefficient (Wildman–Crippen LogP) is 1.76. The fourth-order valence-corrected chi connectivity index (χ4v) is 2.98. The molecule has 6 nitrogen and oxygen atoms in total. The van der Waals surface area contributed by atoms with Crippen LogP contribution in [0.5, 0.6) is 0 Å². The van der Waals surface area contributed by atoms with Crippen LogP contribution in [0.1, 0.15) is 44.2 Å². The fraction of sp³-hybridized carbons (Fsp3) is 0.526. The van der Waals surface area contributed by atoms with Crippen LogP contribution in [0.3, 0.4) is 0 Å². The first kappa shape index (κ1) is 19.0. The summed E-state index contributed by atoms with van der Waals surface area (Å²) in [5.41, 5.74) is 1.51. The second kappa shape index (κ2) is 7.68. The van der Waals surface area contributed by atoms with Gasteiger partial charge in [-0.2, -0.15) is 0 Å². The Balaban J connectivity index is 1.91. The Morgan fingerprint density at radius 2 is 1.92 bits per heavy atom. The van der Waals surface area contributed by atoms with Gasteiger partial charge in [0.25, 0.3) is 0 Å². The minimum Gasteiger partial charge on any atom is -0.480 e. The molecule has 1 fully saturated rings. The first-order chi connectivity index (χ1) is 11.7. The molecule has 0 heterocycles. The van der Waals surface area contributed by atoms with Crippen molar-refractivity contribution in [1.82, 2.24) is 10.6 Å². The monoisotopic (exact) mass is 346 g/mol. The van der Waals surface area contributed by atoms with Crippen molar-refractivity contribution in [2.24, 2.45) is 5.92 Å². The molecule has 1 aliphatic carbocycles. The van der Waals surface area contributed by atoms with Gasteiger partial charge in [-0.15, -0.1) is 0 Å². The molecule has 1 atom stereocenters. The lowest BCUT2D eigenvalue weighted by atomic mass is 9.93. The van der Waals surface area contributed by atoms with Crippen LogP contribution in [0, 0.1) is 12.8 Å². The van der Waals surface area contributed by atoms with Crippen molar-refractivity contribution in [1.29, 1.82) is 0 Å². The van der Waals surface area contributed by atoms with Crippen LogP contribution >= 0.6 is 0 Å². The Morgan fingerprint density at radius 1 is 1.24 bits per heavy atom. The van der Waals surface area contributed by atoms with E-state index in [1.54, 1.807) is 0 Å². The second-order valence-electron chi connectivity index (χ2n) is 7.22. The van der Waals surface area contributed by atoms with Crippen LogP contribution in [0.2, 0.25) is 0 Å². The van der Waals surface area contributed by atoms with Crippen LogP contribution in [0.4, 0.5) is 0 Å². The molecule has 0 spiro atoms. The largest absolute Gasteiger partial charge is 0.480 e. The maximum absolute atomic E-state index is 12.5. The summed E-state index contributed by atoms with van der Waals surface area (Å²) >= 11 is 0. The minimum absolute atomic E-state index is 0.145. The van der Waals surface area contributed by atoms with E-state index >= 15 is 0 Å². The number of rotatable bonds is 8. The summed E-state index contributed by atoms with van der Waals surface area (Å²) in [6, 6.07) is 6.90. The zero-order valence-electron chi connectivity index (χ0n) is 15.0. The van der Waals surface area contributed by atoms with E-state index in [-0.39, 0.29) is 18.4 Å². The van der Waals surface area contributed by atoms with Gasteiger partial charge in [-0.05, 0) is 37.7 Å². The topological polar surface area (TPSA) is 95.5 Å². The van der Waals surface area contributed by atoms with E-state index in [2.05, 4.69) is 10.6 Å². The van der Waals surface area contributed by atoms with Crippen LogP contribution in [-0.4, -0.2) is 35.5 Å². The fourth-order valence-electron chi connectivity index (χ4n) is 2.98. The van der Waals surface area contributed by atoms with Crippen molar-refractivity contribution in [3.63, 3.8) is 0 Å². The molecule has 136 valence electrons. The van der Waals surface area contributed by atoms with Gasteiger partial charge in [0.1, 0.15) is 6.04 Å². The number of carboxylic acids is 1. The molecule has 0 aliphatic heterocycles. The molecule has 3 N–H and O–H groups in total. The summed E-state index contributed by atoms with van der Waals surface area (Å²) in [6.45, 7) is 5.55. The standard InChI is InChI=1S/C19H26N2O4/c1-12(2)9-15(17(23)24)21-16(22)11-20-18(25)19(7-8-19)14-6-4-5-13(3)10-14/h4-6,10,12,15H,7-9,11H2,1-3H3,(H,20,25)(H,21,22)(H,23,24)/t15-/m0/s1. The first-order valence-corrected chi connectivity index (χ1v) is 8.62. The third-order valence-electron chi connectivity index (χ3n) is 4.51. The summed E-state index contributed by atoms with van der Waals surface area (Å²) in [5.74, 6) is -1.58. The van der Waals surface area contributed by atoms with Crippen LogP contribution in [-0.2, 0) is 19.8 Å². The SMILES string of the molecule is Cc1cccc(C2(C(=O)NCC(=O)N[C@@H](CC(C)C)C(=O)O)CC2)c1. The number of aryl methyl sites for hydroxylation is 1. The van der Waals surface area contributed by atoms with Crippen molar-refractivity contribution in [3.8, 4) is 0 Å². The zero-order valence-corrected chi connectivity index (χ0v) is 15.0. The average molecular weight is 346 g/mol. The van der Waals surface area contributed by atoms with Gasteiger partial charge >= 0.3 is 5.97 Å². The number of aliphatic carboxylic acids is 1. The lowest BCUT2D eigenvalue weighted by molar-refractivity contribution is -0.142. The van der Waals surface area contributed by atoms with Gasteiger partial charge in [0.2, 0.25) is 11.8 Å². The molecule has 0 aromatic heterocycles. The number of carbonyl (C=O) groups excluding carboxylic acids is 2. The third kappa shape index (κ3) is 4.81. The van der Waals surface area contributed by atoms with Crippen molar-refractivity contribution >= 4 is 17.8 Å². The lowest BCUT2D eigenvalue weighted by Crippen LogP contribution is -2.47. The zero-order chi connectivity index (χ0) is 18.6. The van der Waals surface area contributed by atoms with Crippen molar-refractivity contribution in [2.75, 3.05) is 6.54 Å². The highest BCUT2D eigenvalue weighted by Gasteiger charge is 2.51. The molecule has 2 amide bonds. The molecular weight excluding hydrogens is 320 g/mol. The van der Waals surface area contributed by atoms with Crippen molar-refractivity contribution < 1.29 is 19.5 Å². The van der Waals surface area contributed by atoms with Gasteiger partial charge < -0.3 is 15.7 Å². The van der Waals surface area contributed by atoms with Gasteiger partial charge in [-0.25, -0.2) is 4.79 Å². The Hall–Kier alpha value is -2.37. The Labute approximate surface area is 148 Å². The normalized spacial score (nSPS) is 16.2. The molecule has 0 radical (unpaired) electrons. The van der Waals surface area contributed by atoms with Crippen LogP contribution in [0.15, 0.2) is 24.3 Å². The van der Waals surface area contributed by atoms with Gasteiger partial charge in [-0.3, -0.25) is 9.59 Å². The maximum Gasteiger partial charge on any atom is 0.326 e. The minimum atomic E-state index is -1.06. The second-order valence-corrected chi connectivity index (χ2v) is 7.22. The highest BCUT2D eigenvalue weighted by molar-refractivity contribution is 5.94. The summed E-state index contributed by atoms with van der Waals surface area (Å²) in [4.78, 5) is 35.7. The highest BCUT2D eigenvalue weighted by atomic mass is 16.4. The molecule has 0 unspecified atom stereocenters.